The second kappa shape index (κ2) is 10.5. The van der Waals surface area contributed by atoms with E-state index in [0.717, 1.165) is 13.1 Å². The van der Waals surface area contributed by atoms with E-state index in [1.807, 2.05) is 39.0 Å². The van der Waals surface area contributed by atoms with Crippen molar-refractivity contribution < 1.29 is 14.4 Å². The number of amides is 2. The molecule has 7 nitrogen and oxygen atoms in total. The van der Waals surface area contributed by atoms with Crippen LogP contribution >= 0.6 is 0 Å². The largest absolute Gasteiger partial charge is 0.350 e. The minimum atomic E-state index is -0.241. The van der Waals surface area contributed by atoms with Gasteiger partial charge in [-0.3, -0.25) is 24.2 Å². The van der Waals surface area contributed by atoms with Crippen LogP contribution in [-0.4, -0.2) is 72.2 Å². The summed E-state index contributed by atoms with van der Waals surface area (Å²) < 4.78 is 0. The number of benzene rings is 2. The Balaban J connectivity index is 1.51. The molecule has 0 bridgehead atoms. The molecule has 32 heavy (non-hydrogen) atoms. The zero-order valence-corrected chi connectivity index (χ0v) is 19.1. The fourth-order valence-electron chi connectivity index (χ4n) is 3.69. The Hall–Kier alpha value is -3.03. The molecular formula is C25H32N4O3. The van der Waals surface area contributed by atoms with E-state index in [2.05, 4.69) is 20.4 Å². The molecule has 170 valence electrons. The highest BCUT2D eigenvalue weighted by Crippen LogP contribution is 2.19. The Kier molecular flexibility index (Phi) is 7.77. The Morgan fingerprint density at radius 1 is 0.781 bits per heavy atom. The highest BCUT2D eigenvalue weighted by Gasteiger charge is 2.23. The van der Waals surface area contributed by atoms with Gasteiger partial charge in [0.25, 0.3) is 0 Å². The molecule has 2 amide bonds. The molecule has 0 atom stereocenters. The van der Waals surface area contributed by atoms with Gasteiger partial charge in [0.2, 0.25) is 11.8 Å². The molecule has 0 unspecified atom stereocenters. The summed E-state index contributed by atoms with van der Waals surface area (Å²) in [5.41, 5.74) is 1.33. The molecule has 2 aromatic rings. The molecule has 0 saturated carbocycles. The summed E-state index contributed by atoms with van der Waals surface area (Å²) in [5, 5.41) is 5.88. The molecule has 7 heteroatoms. The summed E-state index contributed by atoms with van der Waals surface area (Å²) in [5.74, 6) is -0.260. The van der Waals surface area contributed by atoms with Crippen LogP contribution in [0.15, 0.2) is 54.6 Å². The molecule has 1 aliphatic heterocycles. The third-order valence-electron chi connectivity index (χ3n) is 5.20. The zero-order chi connectivity index (χ0) is 23.1. The van der Waals surface area contributed by atoms with Crippen molar-refractivity contribution in [1.29, 1.82) is 0 Å². The number of hydrogen-bond acceptors (Lipinski definition) is 5. The predicted octanol–water partition coefficient (Wildman–Crippen LogP) is 2.39. The Morgan fingerprint density at radius 2 is 1.31 bits per heavy atom. The van der Waals surface area contributed by atoms with E-state index in [1.165, 1.54) is 0 Å². The van der Waals surface area contributed by atoms with Crippen LogP contribution in [0.1, 0.15) is 36.7 Å². The number of rotatable bonds is 7. The van der Waals surface area contributed by atoms with Gasteiger partial charge < -0.3 is 10.6 Å². The second-order valence-corrected chi connectivity index (χ2v) is 9.14. The molecule has 1 heterocycles. The first-order valence-electron chi connectivity index (χ1n) is 11.0. The number of anilines is 1. The van der Waals surface area contributed by atoms with E-state index in [0.29, 0.717) is 36.4 Å². The van der Waals surface area contributed by atoms with Gasteiger partial charge in [-0.1, -0.05) is 42.5 Å². The smallest absolute Gasteiger partial charge is 0.238 e. The average Bonchev–Trinajstić information content (AvgIpc) is 2.74. The van der Waals surface area contributed by atoms with Gasteiger partial charge in [0.15, 0.2) is 5.78 Å². The van der Waals surface area contributed by atoms with E-state index in [4.69, 9.17) is 0 Å². The number of nitrogens with zero attached hydrogens (tertiary/aromatic N) is 2. The van der Waals surface area contributed by atoms with Crippen LogP contribution in [-0.2, 0) is 9.59 Å². The lowest BCUT2D eigenvalue weighted by Crippen LogP contribution is -2.52. The van der Waals surface area contributed by atoms with Crippen LogP contribution < -0.4 is 10.6 Å². The fourth-order valence-corrected chi connectivity index (χ4v) is 3.69. The quantitative estimate of drug-likeness (QED) is 0.652. The molecular weight excluding hydrogens is 404 g/mol. The van der Waals surface area contributed by atoms with Crippen LogP contribution in [0.25, 0.3) is 0 Å². The van der Waals surface area contributed by atoms with Gasteiger partial charge in [-0.05, 0) is 32.9 Å². The van der Waals surface area contributed by atoms with E-state index >= 15 is 0 Å². The molecule has 0 spiro atoms. The summed E-state index contributed by atoms with van der Waals surface area (Å²) in [7, 11) is 0. The minimum Gasteiger partial charge on any atom is -0.350 e. The van der Waals surface area contributed by atoms with Crippen LogP contribution in [0.4, 0.5) is 5.69 Å². The summed E-state index contributed by atoms with van der Waals surface area (Å²) >= 11 is 0. The summed E-state index contributed by atoms with van der Waals surface area (Å²) in [6.45, 7) is 9.39. The fraction of sp³-hybridized carbons (Fsp3) is 0.400. The van der Waals surface area contributed by atoms with Crippen LogP contribution in [0, 0.1) is 0 Å². The molecule has 2 N–H and O–H groups in total. The van der Waals surface area contributed by atoms with Crippen molar-refractivity contribution in [2.45, 2.75) is 26.3 Å². The number of hydrogen-bond donors (Lipinski definition) is 2. The predicted molar refractivity (Wildman–Crippen MR) is 126 cm³/mol. The van der Waals surface area contributed by atoms with Crippen molar-refractivity contribution in [3.05, 3.63) is 65.7 Å². The van der Waals surface area contributed by atoms with Crippen molar-refractivity contribution in [2.75, 3.05) is 44.6 Å². The van der Waals surface area contributed by atoms with E-state index in [-0.39, 0.29) is 29.7 Å². The molecule has 1 fully saturated rings. The maximum absolute atomic E-state index is 12.8. The number of ketones is 1. The van der Waals surface area contributed by atoms with Crippen molar-refractivity contribution in [3.63, 3.8) is 0 Å². The van der Waals surface area contributed by atoms with Gasteiger partial charge in [0.1, 0.15) is 0 Å². The zero-order valence-electron chi connectivity index (χ0n) is 19.1. The van der Waals surface area contributed by atoms with Crippen LogP contribution in [0.2, 0.25) is 0 Å². The Morgan fingerprint density at radius 3 is 1.91 bits per heavy atom. The van der Waals surface area contributed by atoms with Crippen molar-refractivity contribution >= 4 is 23.3 Å². The van der Waals surface area contributed by atoms with Crippen molar-refractivity contribution in [1.82, 2.24) is 15.1 Å². The number of carbonyl (C=O) groups is 3. The highest BCUT2D eigenvalue weighted by molar-refractivity contribution is 6.13. The normalized spacial score (nSPS) is 15.2. The minimum absolute atomic E-state index is 0.0170. The lowest BCUT2D eigenvalue weighted by molar-refractivity contribution is -0.124. The molecule has 0 radical (unpaired) electrons. The third-order valence-corrected chi connectivity index (χ3v) is 5.20. The van der Waals surface area contributed by atoms with Gasteiger partial charge >= 0.3 is 0 Å². The number of nitrogens with one attached hydrogen (secondary N) is 2. The molecule has 0 aromatic heterocycles. The maximum atomic E-state index is 12.8. The average molecular weight is 437 g/mol. The van der Waals surface area contributed by atoms with Gasteiger partial charge in [0, 0.05) is 42.8 Å². The second-order valence-electron chi connectivity index (χ2n) is 9.14. The monoisotopic (exact) mass is 436 g/mol. The SMILES string of the molecule is CC(C)(C)NC(=O)CN1CCN(CC(=O)Nc2ccccc2C(=O)c2ccccc2)CC1. The molecule has 0 aliphatic carbocycles. The topological polar surface area (TPSA) is 81.8 Å². The van der Waals surface area contributed by atoms with E-state index in [9.17, 15) is 14.4 Å². The molecule has 3 rings (SSSR count). The highest BCUT2D eigenvalue weighted by atomic mass is 16.2. The number of para-hydroxylation sites is 1. The van der Waals surface area contributed by atoms with Gasteiger partial charge in [-0.25, -0.2) is 0 Å². The first-order chi connectivity index (χ1) is 15.2. The summed E-state index contributed by atoms with van der Waals surface area (Å²) in [4.78, 5) is 41.8. The molecule has 1 aliphatic rings. The first kappa shape index (κ1) is 23.6. The van der Waals surface area contributed by atoms with Crippen LogP contribution in [0.5, 0.6) is 0 Å². The standard InChI is InChI=1S/C25H32N4O3/c1-25(2,3)27-23(31)18-29-15-13-28(14-16-29)17-22(30)26-21-12-8-7-11-20(21)24(32)19-9-5-4-6-10-19/h4-12H,13-18H2,1-3H3,(H,26,30)(H,27,31). The summed E-state index contributed by atoms with van der Waals surface area (Å²) in [6, 6.07) is 16.1. The lowest BCUT2D eigenvalue weighted by atomic mass is 10.0. The van der Waals surface area contributed by atoms with Gasteiger partial charge in [0.05, 0.1) is 18.8 Å². The Labute approximate surface area is 189 Å². The van der Waals surface area contributed by atoms with Gasteiger partial charge in [-0.2, -0.15) is 0 Å². The molecule has 2 aromatic carbocycles. The number of piperazine rings is 1. The first-order valence-corrected chi connectivity index (χ1v) is 11.0. The Bertz CT molecular complexity index is 945. The lowest BCUT2D eigenvalue weighted by Gasteiger charge is -2.34. The van der Waals surface area contributed by atoms with E-state index < -0.39 is 0 Å². The van der Waals surface area contributed by atoms with E-state index in [1.54, 1.807) is 36.4 Å². The number of carbonyl (C=O) groups excluding carboxylic acids is 3. The summed E-state index contributed by atoms with van der Waals surface area (Å²) in [6.07, 6.45) is 0. The van der Waals surface area contributed by atoms with Crippen LogP contribution in [0.3, 0.4) is 0 Å². The third kappa shape index (κ3) is 7.00. The van der Waals surface area contributed by atoms with Crippen molar-refractivity contribution in [2.24, 2.45) is 0 Å². The molecule has 1 saturated heterocycles. The van der Waals surface area contributed by atoms with Crippen molar-refractivity contribution in [3.8, 4) is 0 Å². The maximum Gasteiger partial charge on any atom is 0.238 e. The van der Waals surface area contributed by atoms with Gasteiger partial charge in [-0.15, -0.1) is 0 Å².